The van der Waals surface area contributed by atoms with Gasteiger partial charge in [-0.1, -0.05) is 30.0 Å². The number of β-lactam (4-membered cyclic amide) rings is 1. The number of hydrogen-bond acceptors (Lipinski definition) is 10. The highest BCUT2D eigenvalue weighted by molar-refractivity contribution is 8.01. The molecule has 10 nitrogen and oxygen atoms in total. The van der Waals surface area contributed by atoms with Gasteiger partial charge in [-0.05, 0) is 24.3 Å². The van der Waals surface area contributed by atoms with Crippen LogP contribution in [0, 0.1) is 5.92 Å². The van der Waals surface area contributed by atoms with Gasteiger partial charge >= 0.3 is 0 Å². The molecule has 4 heterocycles. The molecule has 1 saturated heterocycles. The Kier molecular flexibility index (Phi) is 8.48. The highest BCUT2D eigenvalue weighted by atomic mass is 32.2. The number of carbonyl (C=O) groups excluding carboxylic acids is 3. The number of nitrogens with zero attached hydrogens (tertiary/aromatic N) is 3. The summed E-state index contributed by atoms with van der Waals surface area (Å²) >= 11 is 4.20. The van der Waals surface area contributed by atoms with Crippen LogP contribution in [0.15, 0.2) is 52.1 Å². The zero-order valence-corrected chi connectivity index (χ0v) is 23.9. The van der Waals surface area contributed by atoms with Gasteiger partial charge in [0.15, 0.2) is 5.13 Å². The highest BCUT2D eigenvalue weighted by Crippen LogP contribution is 2.41. The molecule has 0 aromatic carbocycles. The van der Waals surface area contributed by atoms with Crippen molar-refractivity contribution in [3.8, 4) is 0 Å². The number of rotatable bonds is 9. The Morgan fingerprint density at radius 3 is 2.67 bits per heavy atom. The van der Waals surface area contributed by atoms with Crippen LogP contribution < -0.4 is 26.3 Å². The number of nitrogens with one attached hydrogen (secondary N) is 2. The van der Waals surface area contributed by atoms with Gasteiger partial charge in [0.1, 0.15) is 11.4 Å². The van der Waals surface area contributed by atoms with Crippen LogP contribution in [0.1, 0.15) is 37.8 Å². The lowest BCUT2D eigenvalue weighted by atomic mass is 9.87. The number of allylic oxidation sites excluding steroid dienone is 1. The van der Waals surface area contributed by atoms with E-state index >= 15 is 0 Å². The summed E-state index contributed by atoms with van der Waals surface area (Å²) in [6.45, 7) is 0. The Bertz CT molecular complexity index is 1320. The number of thioether (sulfide) groups is 2. The third-order valence-corrected chi connectivity index (χ3v) is 10.2. The number of thiazole rings is 1. The van der Waals surface area contributed by atoms with Crippen LogP contribution >= 0.6 is 34.9 Å². The first-order valence-electron chi connectivity index (χ1n) is 12.8. The van der Waals surface area contributed by atoms with E-state index in [4.69, 9.17) is 5.73 Å². The van der Waals surface area contributed by atoms with Gasteiger partial charge in [-0.3, -0.25) is 14.5 Å². The maximum Gasteiger partial charge on any atom is 0.253 e. The van der Waals surface area contributed by atoms with Crippen molar-refractivity contribution in [1.29, 1.82) is 0 Å². The maximum absolute atomic E-state index is 13.4. The second-order valence-corrected chi connectivity index (χ2v) is 12.6. The Morgan fingerprint density at radius 2 is 2.03 bits per heavy atom. The lowest BCUT2D eigenvalue weighted by Gasteiger charge is -2.50. The summed E-state index contributed by atoms with van der Waals surface area (Å²) in [6, 6.07) is 3.02. The van der Waals surface area contributed by atoms with Gasteiger partial charge in [0.05, 0.1) is 30.0 Å². The number of pyridine rings is 1. The van der Waals surface area contributed by atoms with Gasteiger partial charge in [0, 0.05) is 33.9 Å². The van der Waals surface area contributed by atoms with Crippen molar-refractivity contribution in [3.05, 3.63) is 52.9 Å². The molecule has 1 aliphatic carbocycles. The van der Waals surface area contributed by atoms with Crippen LogP contribution in [-0.4, -0.2) is 57.6 Å². The van der Waals surface area contributed by atoms with E-state index in [1.807, 2.05) is 37.7 Å². The van der Waals surface area contributed by atoms with Crippen molar-refractivity contribution in [3.63, 3.8) is 0 Å². The minimum Gasteiger partial charge on any atom is -0.543 e. The predicted octanol–water partition coefficient (Wildman–Crippen LogP) is 1.35. The first-order chi connectivity index (χ1) is 18.9. The zero-order valence-electron chi connectivity index (χ0n) is 21.4. The Morgan fingerprint density at radius 1 is 1.28 bits per heavy atom. The summed E-state index contributed by atoms with van der Waals surface area (Å²) in [5.74, 6) is -1.13. The van der Waals surface area contributed by atoms with Gasteiger partial charge < -0.3 is 21.0 Å². The Hall–Kier alpha value is -3.03. The number of aliphatic carboxylic acids is 1. The average molecular weight is 587 g/mol. The van der Waals surface area contributed by atoms with E-state index in [1.54, 1.807) is 10.1 Å². The number of carbonyl (C=O) groups is 3. The number of fused-ring (bicyclic) bond motifs is 1. The number of aromatic nitrogens is 2. The fourth-order valence-corrected chi connectivity index (χ4v) is 7.99. The van der Waals surface area contributed by atoms with Crippen molar-refractivity contribution in [2.45, 2.75) is 48.4 Å². The molecule has 2 aliphatic heterocycles. The van der Waals surface area contributed by atoms with Gasteiger partial charge in [-0.2, -0.15) is 5.43 Å². The van der Waals surface area contributed by atoms with Crippen molar-refractivity contribution >= 4 is 63.3 Å². The second kappa shape index (κ2) is 12.0. The number of anilines is 1. The molecule has 0 spiro atoms. The molecule has 0 unspecified atom stereocenters. The van der Waals surface area contributed by atoms with Crippen LogP contribution in [0.2, 0.25) is 0 Å². The molecule has 2 aromatic heterocycles. The minimum atomic E-state index is -1.38. The van der Waals surface area contributed by atoms with Gasteiger partial charge in [0.2, 0.25) is 12.4 Å². The SMILES string of the molecule is CN[n+]1ccc(SCC2=C(C(=O)[O-])N3C(=O)[C@@H](NC(=O)/C(=C\C4CCCCC4)c4csc(N)n4)[C@H]3SC2)cc1. The lowest BCUT2D eigenvalue weighted by Crippen LogP contribution is -2.71. The number of amides is 2. The molecular formula is C26H30N6O4S3. The highest BCUT2D eigenvalue weighted by Gasteiger charge is 2.53. The van der Waals surface area contributed by atoms with Crippen LogP contribution in [-0.2, 0) is 14.4 Å². The van der Waals surface area contributed by atoms with E-state index in [0.717, 1.165) is 30.6 Å². The summed E-state index contributed by atoms with van der Waals surface area (Å²) in [4.78, 5) is 45.3. The van der Waals surface area contributed by atoms with Gasteiger partial charge in [-0.25, -0.2) is 4.98 Å². The number of carboxylic acid groups (broad SMARTS) is 1. The molecule has 2 atom stereocenters. The largest absolute Gasteiger partial charge is 0.543 e. The molecule has 4 N–H and O–H groups in total. The molecule has 2 fully saturated rings. The first kappa shape index (κ1) is 27.5. The molecule has 3 aliphatic rings. The van der Waals surface area contributed by atoms with Gasteiger partial charge in [-0.15, -0.1) is 34.9 Å². The van der Waals surface area contributed by atoms with Crippen molar-refractivity contribution in [2.24, 2.45) is 5.92 Å². The molecule has 0 bridgehead atoms. The van der Waals surface area contributed by atoms with Crippen LogP contribution in [0.5, 0.6) is 0 Å². The molecule has 5 rings (SSSR count). The smallest absolute Gasteiger partial charge is 0.253 e. The molecule has 13 heteroatoms. The third kappa shape index (κ3) is 5.94. The molecule has 39 heavy (non-hydrogen) atoms. The summed E-state index contributed by atoms with van der Waals surface area (Å²) in [5.41, 5.74) is 10.3. The molecule has 2 aromatic rings. The molecule has 0 radical (unpaired) electrons. The fourth-order valence-electron chi connectivity index (χ4n) is 5.06. The lowest BCUT2D eigenvalue weighted by molar-refractivity contribution is -0.647. The average Bonchev–Trinajstić information content (AvgIpc) is 3.39. The molecule has 1 saturated carbocycles. The van der Waals surface area contributed by atoms with Crippen molar-refractivity contribution in [1.82, 2.24) is 15.2 Å². The fraction of sp³-hybridized carbons (Fsp3) is 0.423. The van der Waals surface area contributed by atoms with E-state index in [9.17, 15) is 19.5 Å². The van der Waals surface area contributed by atoms with Crippen LogP contribution in [0.4, 0.5) is 5.13 Å². The summed E-state index contributed by atoms with van der Waals surface area (Å²) in [6.07, 6.45) is 11.1. The molecule has 2 amide bonds. The normalized spacial score (nSPS) is 21.8. The van der Waals surface area contributed by atoms with Crippen molar-refractivity contribution in [2.75, 3.05) is 29.7 Å². The van der Waals surface area contributed by atoms with E-state index in [1.165, 1.54) is 46.2 Å². The quantitative estimate of drug-likeness (QED) is 0.172. The molecular weight excluding hydrogens is 557 g/mol. The Labute approximate surface area is 239 Å². The van der Waals surface area contributed by atoms with E-state index in [-0.39, 0.29) is 11.6 Å². The summed E-state index contributed by atoms with van der Waals surface area (Å²) in [7, 11) is 1.81. The third-order valence-electron chi connectivity index (χ3n) is 7.09. The minimum absolute atomic E-state index is 0.0896. The topological polar surface area (TPSA) is 144 Å². The molecule has 206 valence electrons. The predicted molar refractivity (Wildman–Crippen MR) is 151 cm³/mol. The summed E-state index contributed by atoms with van der Waals surface area (Å²) in [5, 5.41) is 16.6. The number of nitrogens with two attached hydrogens (primary N) is 1. The Balaban J connectivity index is 1.30. The van der Waals surface area contributed by atoms with Crippen molar-refractivity contribution < 1.29 is 24.2 Å². The number of carboxylic acids is 1. The second-order valence-electron chi connectivity index (χ2n) is 9.60. The zero-order chi connectivity index (χ0) is 27.5. The maximum atomic E-state index is 13.4. The summed E-state index contributed by atoms with van der Waals surface area (Å²) < 4.78 is 1.79. The van der Waals surface area contributed by atoms with E-state index < -0.39 is 29.2 Å². The standard InChI is InChI=1S/C26H30N6O4S3/c1-28-31-9-7-17(8-10-31)37-12-16-13-38-24-20(23(34)32(24)21(16)25(35)36)30-22(33)18(19-14-39-26(27)29-19)11-15-5-3-2-4-6-15/h7-11,14-15,20,24,28H,2-6,12-13H2,1H3,(H3-,27,29,30,33,35,36)/b18-11-/t20-,24-/m1/s1. The number of nitrogen functional groups attached to an aromatic ring is 1. The van der Waals surface area contributed by atoms with Crippen LogP contribution in [0.25, 0.3) is 5.57 Å². The monoisotopic (exact) mass is 586 g/mol. The van der Waals surface area contributed by atoms with Crippen LogP contribution in [0.3, 0.4) is 0 Å². The first-order valence-corrected chi connectivity index (χ1v) is 15.7. The number of hydrogen-bond donors (Lipinski definition) is 3. The van der Waals surface area contributed by atoms with Gasteiger partial charge in [0.25, 0.3) is 11.8 Å². The van der Waals surface area contributed by atoms with E-state index in [0.29, 0.717) is 33.5 Å². The van der Waals surface area contributed by atoms with E-state index in [2.05, 4.69) is 15.7 Å².